The average molecular weight is 275 g/mol. The summed E-state index contributed by atoms with van der Waals surface area (Å²) in [6, 6.07) is 8.50. The minimum atomic E-state index is 0.208. The molecule has 3 rings (SSSR count). The van der Waals surface area contributed by atoms with Gasteiger partial charge in [-0.25, -0.2) is 0 Å². The van der Waals surface area contributed by atoms with Gasteiger partial charge in [-0.05, 0) is 49.9 Å². The van der Waals surface area contributed by atoms with Crippen LogP contribution in [0.1, 0.15) is 25.3 Å². The van der Waals surface area contributed by atoms with Crippen LogP contribution in [0.25, 0.3) is 0 Å². The number of hydrogen-bond acceptors (Lipinski definition) is 3. The van der Waals surface area contributed by atoms with Crippen LogP contribution < -0.4 is 10.1 Å². The lowest BCUT2D eigenvalue weighted by atomic mass is 9.90. The van der Waals surface area contributed by atoms with Crippen LogP contribution in [0.4, 0.5) is 0 Å². The third-order valence-corrected chi connectivity index (χ3v) is 4.36. The number of para-hydroxylation sites is 1. The van der Waals surface area contributed by atoms with Gasteiger partial charge in [-0.3, -0.25) is 0 Å². The summed E-state index contributed by atoms with van der Waals surface area (Å²) in [5.74, 6) is 1.81. The zero-order valence-corrected chi connectivity index (χ0v) is 12.4. The Kier molecular flexibility index (Phi) is 4.27. The van der Waals surface area contributed by atoms with E-state index in [1.807, 2.05) is 0 Å². The van der Waals surface area contributed by atoms with Gasteiger partial charge in [0.25, 0.3) is 0 Å². The van der Waals surface area contributed by atoms with Crippen LogP contribution in [0.3, 0.4) is 0 Å². The summed E-state index contributed by atoms with van der Waals surface area (Å²) in [7, 11) is 0. The van der Waals surface area contributed by atoms with E-state index in [9.17, 15) is 0 Å². The van der Waals surface area contributed by atoms with Crippen LogP contribution in [0.5, 0.6) is 5.75 Å². The van der Waals surface area contributed by atoms with Crippen molar-refractivity contribution in [3.63, 3.8) is 0 Å². The minimum absolute atomic E-state index is 0.208. The van der Waals surface area contributed by atoms with Crippen LogP contribution in [0.15, 0.2) is 24.3 Å². The smallest absolute Gasteiger partial charge is 0.122 e. The number of hydrogen-bond donors (Lipinski definition) is 1. The van der Waals surface area contributed by atoms with Gasteiger partial charge in [0.1, 0.15) is 5.75 Å². The maximum absolute atomic E-state index is 6.09. The van der Waals surface area contributed by atoms with Gasteiger partial charge in [0.05, 0.1) is 19.8 Å². The quantitative estimate of drug-likeness (QED) is 0.896. The van der Waals surface area contributed by atoms with Gasteiger partial charge in [0.15, 0.2) is 0 Å². The molecule has 2 aliphatic heterocycles. The van der Waals surface area contributed by atoms with Gasteiger partial charge in [0.2, 0.25) is 0 Å². The molecule has 0 saturated carbocycles. The molecule has 2 fully saturated rings. The molecule has 110 valence electrons. The van der Waals surface area contributed by atoms with Crippen LogP contribution >= 0.6 is 0 Å². The molecule has 20 heavy (non-hydrogen) atoms. The molecule has 1 aromatic carbocycles. The molecule has 3 nitrogen and oxygen atoms in total. The highest BCUT2D eigenvalue weighted by atomic mass is 16.5. The number of rotatable bonds is 5. The van der Waals surface area contributed by atoms with Crippen molar-refractivity contribution in [2.75, 3.05) is 32.9 Å². The molecule has 1 N–H and O–H groups in total. The second-order valence-electron chi connectivity index (χ2n) is 6.62. The summed E-state index contributed by atoms with van der Waals surface area (Å²) >= 11 is 0. The Morgan fingerprint density at radius 3 is 2.90 bits per heavy atom. The summed E-state index contributed by atoms with van der Waals surface area (Å²) in [6.07, 6.45) is 3.74. The first kappa shape index (κ1) is 13.9. The highest BCUT2D eigenvalue weighted by Crippen LogP contribution is 2.30. The zero-order chi connectivity index (χ0) is 13.8. The number of ether oxygens (including phenoxy) is 2. The number of piperidine rings is 1. The monoisotopic (exact) mass is 275 g/mol. The SMILES string of the molecule is CC1(COc2ccccc2CC2CCCNC2)COC1. The van der Waals surface area contributed by atoms with E-state index in [1.165, 1.54) is 24.9 Å². The Balaban J connectivity index is 1.61. The molecule has 0 bridgehead atoms. The second kappa shape index (κ2) is 6.15. The molecular formula is C17H25NO2. The Morgan fingerprint density at radius 1 is 1.35 bits per heavy atom. The lowest BCUT2D eigenvalue weighted by Gasteiger charge is -2.37. The van der Waals surface area contributed by atoms with E-state index in [2.05, 4.69) is 36.5 Å². The molecule has 1 aromatic rings. The lowest BCUT2D eigenvalue weighted by molar-refractivity contribution is -0.120. The molecule has 2 saturated heterocycles. The van der Waals surface area contributed by atoms with E-state index in [0.717, 1.165) is 44.5 Å². The van der Waals surface area contributed by atoms with E-state index in [-0.39, 0.29) is 5.41 Å². The van der Waals surface area contributed by atoms with Crippen LogP contribution in [0, 0.1) is 11.3 Å². The van der Waals surface area contributed by atoms with Crippen molar-refractivity contribution in [2.24, 2.45) is 11.3 Å². The number of benzene rings is 1. The summed E-state index contributed by atoms with van der Waals surface area (Å²) in [5.41, 5.74) is 1.56. The van der Waals surface area contributed by atoms with Gasteiger partial charge in [-0.15, -0.1) is 0 Å². The van der Waals surface area contributed by atoms with E-state index in [0.29, 0.717) is 0 Å². The Morgan fingerprint density at radius 2 is 2.20 bits per heavy atom. The van der Waals surface area contributed by atoms with E-state index < -0.39 is 0 Å². The summed E-state index contributed by atoms with van der Waals surface area (Å²) in [4.78, 5) is 0. The average Bonchev–Trinajstić information content (AvgIpc) is 2.45. The van der Waals surface area contributed by atoms with Gasteiger partial charge in [-0.1, -0.05) is 25.1 Å². The topological polar surface area (TPSA) is 30.5 Å². The van der Waals surface area contributed by atoms with Crippen molar-refractivity contribution in [1.82, 2.24) is 5.32 Å². The molecule has 0 aliphatic carbocycles. The van der Waals surface area contributed by atoms with Crippen LogP contribution in [-0.2, 0) is 11.2 Å². The fourth-order valence-corrected chi connectivity index (χ4v) is 3.01. The minimum Gasteiger partial charge on any atom is -0.493 e. The normalized spacial score (nSPS) is 24.9. The first-order valence-electron chi connectivity index (χ1n) is 7.74. The van der Waals surface area contributed by atoms with Crippen molar-refractivity contribution in [1.29, 1.82) is 0 Å². The molecule has 1 unspecified atom stereocenters. The van der Waals surface area contributed by atoms with Crippen LogP contribution in [0.2, 0.25) is 0 Å². The molecule has 2 aliphatic rings. The van der Waals surface area contributed by atoms with Crippen molar-refractivity contribution < 1.29 is 9.47 Å². The summed E-state index contributed by atoms with van der Waals surface area (Å²) in [6.45, 7) is 6.94. The van der Waals surface area contributed by atoms with Crippen molar-refractivity contribution >= 4 is 0 Å². The van der Waals surface area contributed by atoms with Gasteiger partial charge < -0.3 is 14.8 Å². The summed E-state index contributed by atoms with van der Waals surface area (Å²) < 4.78 is 11.4. The predicted octanol–water partition coefficient (Wildman–Crippen LogP) is 2.64. The van der Waals surface area contributed by atoms with Crippen molar-refractivity contribution in [3.8, 4) is 5.75 Å². The highest BCUT2D eigenvalue weighted by molar-refractivity contribution is 5.33. The summed E-state index contributed by atoms with van der Waals surface area (Å²) in [5, 5.41) is 3.49. The number of nitrogens with one attached hydrogen (secondary N) is 1. The third kappa shape index (κ3) is 3.33. The van der Waals surface area contributed by atoms with E-state index >= 15 is 0 Å². The molecule has 0 radical (unpaired) electrons. The Labute approximate surface area is 121 Å². The molecule has 0 amide bonds. The van der Waals surface area contributed by atoms with E-state index in [1.54, 1.807) is 0 Å². The molecular weight excluding hydrogens is 250 g/mol. The Bertz CT molecular complexity index is 436. The molecule has 0 spiro atoms. The van der Waals surface area contributed by atoms with Crippen molar-refractivity contribution in [3.05, 3.63) is 29.8 Å². The Hall–Kier alpha value is -1.06. The van der Waals surface area contributed by atoms with Gasteiger partial charge in [0, 0.05) is 5.41 Å². The maximum Gasteiger partial charge on any atom is 0.122 e. The fourth-order valence-electron chi connectivity index (χ4n) is 3.01. The lowest BCUT2D eigenvalue weighted by Crippen LogP contribution is -2.44. The standard InChI is InChI=1S/C17H25NO2/c1-17(11-19-12-17)13-20-16-7-3-2-6-15(16)9-14-5-4-8-18-10-14/h2-3,6-7,14,18H,4-5,8-13H2,1H3. The first-order chi connectivity index (χ1) is 9.75. The fraction of sp³-hybridized carbons (Fsp3) is 0.647. The van der Waals surface area contributed by atoms with Gasteiger partial charge in [-0.2, -0.15) is 0 Å². The van der Waals surface area contributed by atoms with Crippen LogP contribution in [-0.4, -0.2) is 32.9 Å². The maximum atomic E-state index is 6.09. The van der Waals surface area contributed by atoms with E-state index in [4.69, 9.17) is 9.47 Å². The zero-order valence-electron chi connectivity index (χ0n) is 12.4. The molecule has 0 aromatic heterocycles. The molecule has 3 heteroatoms. The predicted molar refractivity (Wildman–Crippen MR) is 80.2 cm³/mol. The molecule has 2 heterocycles. The first-order valence-corrected chi connectivity index (χ1v) is 7.74. The van der Waals surface area contributed by atoms with Crippen molar-refractivity contribution in [2.45, 2.75) is 26.2 Å². The molecule has 1 atom stereocenters. The highest BCUT2D eigenvalue weighted by Gasteiger charge is 2.34. The van der Waals surface area contributed by atoms with Gasteiger partial charge >= 0.3 is 0 Å². The third-order valence-electron chi connectivity index (χ3n) is 4.36. The largest absolute Gasteiger partial charge is 0.493 e. The second-order valence-corrected chi connectivity index (χ2v) is 6.62.